The smallest absolute Gasteiger partial charge is 0.416 e. The van der Waals surface area contributed by atoms with Gasteiger partial charge in [0.05, 0.1) is 30.2 Å². The predicted octanol–water partition coefficient (Wildman–Crippen LogP) is 4.55. The van der Waals surface area contributed by atoms with E-state index in [-0.39, 0.29) is 18.7 Å². The van der Waals surface area contributed by atoms with Gasteiger partial charge >= 0.3 is 6.09 Å². The first-order chi connectivity index (χ1) is 16.2. The molecule has 0 aliphatic heterocycles. The lowest BCUT2D eigenvalue weighted by Gasteiger charge is -2.26. The van der Waals surface area contributed by atoms with E-state index >= 15 is 0 Å². The molecule has 0 unspecified atom stereocenters. The minimum Gasteiger partial charge on any atom is -0.443 e. The van der Waals surface area contributed by atoms with Gasteiger partial charge in [-0.05, 0) is 52.0 Å². The highest BCUT2D eigenvalue weighted by molar-refractivity contribution is 6.10. The largest absolute Gasteiger partial charge is 0.443 e. The zero-order chi connectivity index (χ0) is 24.6. The Labute approximate surface area is 194 Å². The highest BCUT2D eigenvalue weighted by Gasteiger charge is 2.27. The monoisotopic (exact) mass is 462 g/mol. The van der Waals surface area contributed by atoms with Gasteiger partial charge in [0.25, 0.3) is 0 Å². The second kappa shape index (κ2) is 8.59. The van der Waals surface area contributed by atoms with Gasteiger partial charge in [-0.2, -0.15) is 5.26 Å². The van der Waals surface area contributed by atoms with Gasteiger partial charge in [-0.25, -0.2) is 19.2 Å². The number of carbonyl (C=O) groups is 2. The summed E-state index contributed by atoms with van der Waals surface area (Å²) in [5.41, 5.74) is 1.80. The lowest BCUT2D eigenvalue weighted by atomic mass is 10.1. The Kier molecular flexibility index (Phi) is 5.79. The van der Waals surface area contributed by atoms with Crippen LogP contribution in [0.4, 0.5) is 15.0 Å². The number of imidazole rings is 1. The lowest BCUT2D eigenvalue weighted by Crippen LogP contribution is -2.37. The number of ether oxygens (including phenoxy) is 1. The molecule has 4 aromatic rings. The van der Waals surface area contributed by atoms with Crippen molar-refractivity contribution in [2.45, 2.75) is 39.8 Å². The van der Waals surface area contributed by atoms with Crippen molar-refractivity contribution in [3.63, 3.8) is 0 Å². The number of anilines is 1. The van der Waals surface area contributed by atoms with Gasteiger partial charge in [0.1, 0.15) is 34.4 Å². The molecule has 1 aromatic carbocycles. The van der Waals surface area contributed by atoms with E-state index in [2.05, 4.69) is 9.97 Å². The van der Waals surface area contributed by atoms with Gasteiger partial charge in [-0.15, -0.1) is 0 Å². The summed E-state index contributed by atoms with van der Waals surface area (Å²) in [6.07, 6.45) is 1.62. The first-order valence-corrected chi connectivity index (χ1v) is 10.7. The third kappa shape index (κ3) is 4.08. The topological polar surface area (TPSA) is 117 Å². The molecule has 174 valence electrons. The van der Waals surface area contributed by atoms with Gasteiger partial charge < -0.3 is 19.1 Å². The zero-order valence-corrected chi connectivity index (χ0v) is 19.2. The average Bonchev–Trinajstić information content (AvgIpc) is 3.38. The number of halogens is 1. The second-order valence-electron chi connectivity index (χ2n) is 8.67. The number of hydrogen-bond donors (Lipinski definition) is 1. The highest BCUT2D eigenvalue weighted by Crippen LogP contribution is 2.35. The zero-order valence-electron chi connectivity index (χ0n) is 19.2. The number of benzene rings is 1. The SMILES string of the molecule is CCN(C(=O)OC(C)(C)C)c1nc2c(cc(-c3cc(F)cc(C#N)c3)n2CC=O)c2nc[nH]c12. The van der Waals surface area contributed by atoms with Crippen LogP contribution in [-0.2, 0) is 16.1 Å². The molecule has 0 fully saturated rings. The molecule has 1 amide bonds. The van der Waals surface area contributed by atoms with E-state index in [9.17, 15) is 19.2 Å². The van der Waals surface area contributed by atoms with Crippen molar-refractivity contribution in [1.29, 1.82) is 5.26 Å². The Morgan fingerprint density at radius 3 is 2.74 bits per heavy atom. The van der Waals surface area contributed by atoms with Crippen molar-refractivity contribution in [1.82, 2.24) is 19.5 Å². The number of nitriles is 1. The van der Waals surface area contributed by atoms with Gasteiger partial charge in [0, 0.05) is 17.5 Å². The van der Waals surface area contributed by atoms with Gasteiger partial charge in [0.15, 0.2) is 5.82 Å². The third-order valence-electron chi connectivity index (χ3n) is 5.16. The summed E-state index contributed by atoms with van der Waals surface area (Å²) in [6.45, 7) is 7.33. The molecule has 1 N–H and O–H groups in total. The number of H-pyrrole nitrogens is 1. The molecule has 9 nitrogen and oxygen atoms in total. The van der Waals surface area contributed by atoms with Crippen LogP contribution in [0.2, 0.25) is 0 Å². The predicted molar refractivity (Wildman–Crippen MR) is 125 cm³/mol. The molecular formula is C24H23FN6O3. The molecule has 0 aliphatic rings. The maximum Gasteiger partial charge on any atom is 0.416 e. The molecular weight excluding hydrogens is 439 g/mol. The first kappa shape index (κ1) is 22.9. The third-order valence-corrected chi connectivity index (χ3v) is 5.16. The molecule has 3 heterocycles. The van der Waals surface area contributed by atoms with Crippen molar-refractivity contribution in [3.05, 3.63) is 42.0 Å². The fourth-order valence-corrected chi connectivity index (χ4v) is 3.84. The van der Waals surface area contributed by atoms with E-state index in [4.69, 9.17) is 9.72 Å². The second-order valence-corrected chi connectivity index (χ2v) is 8.67. The van der Waals surface area contributed by atoms with Crippen molar-refractivity contribution in [2.24, 2.45) is 0 Å². The number of nitrogens with one attached hydrogen (secondary N) is 1. The van der Waals surface area contributed by atoms with Gasteiger partial charge in [0.2, 0.25) is 0 Å². The summed E-state index contributed by atoms with van der Waals surface area (Å²) in [6, 6.07) is 7.66. The molecule has 0 radical (unpaired) electrons. The summed E-state index contributed by atoms with van der Waals surface area (Å²) in [5, 5.41) is 9.87. The maximum absolute atomic E-state index is 14.2. The number of aromatic nitrogens is 4. The standard InChI is InChI=1S/C24H23FN6O3/c1-5-30(23(33)34-24(2,3)4)22-20-19(27-13-28-20)17-11-18(31(6-7-32)21(17)29-22)15-8-14(12-26)9-16(25)10-15/h7-11,13H,5-6H2,1-4H3,(H,27,28). The normalized spacial score (nSPS) is 11.5. The number of pyridine rings is 1. The van der Waals surface area contributed by atoms with Crippen LogP contribution in [0.25, 0.3) is 33.3 Å². The van der Waals surface area contributed by atoms with E-state index < -0.39 is 17.5 Å². The Morgan fingerprint density at radius 1 is 1.32 bits per heavy atom. The minimum absolute atomic E-state index is 0.0713. The van der Waals surface area contributed by atoms with Crippen molar-refractivity contribution < 1.29 is 18.7 Å². The van der Waals surface area contributed by atoms with Crippen LogP contribution in [0.3, 0.4) is 0 Å². The fraction of sp³-hybridized carbons (Fsp3) is 0.292. The van der Waals surface area contributed by atoms with Crippen molar-refractivity contribution in [3.8, 4) is 17.3 Å². The van der Waals surface area contributed by atoms with Crippen LogP contribution >= 0.6 is 0 Å². The number of amides is 1. The average molecular weight is 462 g/mol. The van der Waals surface area contributed by atoms with Crippen LogP contribution < -0.4 is 4.90 Å². The molecule has 10 heteroatoms. The Morgan fingerprint density at radius 2 is 2.09 bits per heavy atom. The molecule has 0 spiro atoms. The van der Waals surface area contributed by atoms with Crippen LogP contribution in [0.15, 0.2) is 30.6 Å². The number of aldehydes is 1. The highest BCUT2D eigenvalue weighted by atomic mass is 19.1. The molecule has 0 aliphatic carbocycles. The van der Waals surface area contributed by atoms with E-state index in [1.807, 2.05) is 6.07 Å². The number of aromatic amines is 1. The van der Waals surface area contributed by atoms with E-state index in [0.717, 1.165) is 6.07 Å². The first-order valence-electron chi connectivity index (χ1n) is 10.7. The number of nitrogens with zero attached hydrogens (tertiary/aromatic N) is 5. The molecule has 3 aromatic heterocycles. The summed E-state index contributed by atoms with van der Waals surface area (Å²) >= 11 is 0. The molecule has 4 rings (SSSR count). The van der Waals surface area contributed by atoms with Crippen molar-refractivity contribution in [2.75, 3.05) is 11.4 Å². The van der Waals surface area contributed by atoms with Gasteiger partial charge in [-0.3, -0.25) is 4.90 Å². The molecule has 0 bridgehead atoms. The Bertz CT molecular complexity index is 1460. The van der Waals surface area contributed by atoms with Crippen LogP contribution in [0, 0.1) is 17.1 Å². The van der Waals surface area contributed by atoms with E-state index in [1.165, 1.54) is 17.3 Å². The summed E-state index contributed by atoms with van der Waals surface area (Å²) < 4.78 is 21.4. The lowest BCUT2D eigenvalue weighted by molar-refractivity contribution is -0.108. The quantitative estimate of drug-likeness (QED) is 0.435. The van der Waals surface area contributed by atoms with Crippen molar-refractivity contribution >= 4 is 40.3 Å². The fourth-order valence-electron chi connectivity index (χ4n) is 3.84. The van der Waals surface area contributed by atoms with Crippen LogP contribution in [0.5, 0.6) is 0 Å². The molecule has 0 atom stereocenters. The number of hydrogen-bond acceptors (Lipinski definition) is 6. The van der Waals surface area contributed by atoms with Crippen LogP contribution in [0.1, 0.15) is 33.3 Å². The molecule has 0 saturated carbocycles. The Balaban J connectivity index is 1.99. The van der Waals surface area contributed by atoms with E-state index in [0.29, 0.717) is 45.4 Å². The maximum atomic E-state index is 14.2. The number of rotatable bonds is 5. The number of carbonyl (C=O) groups excluding carboxylic acids is 2. The van der Waals surface area contributed by atoms with E-state index in [1.54, 1.807) is 44.4 Å². The van der Waals surface area contributed by atoms with Crippen LogP contribution in [-0.4, -0.2) is 44.0 Å². The minimum atomic E-state index is -0.706. The summed E-state index contributed by atoms with van der Waals surface area (Å²) in [4.78, 5) is 38.1. The number of fused-ring (bicyclic) bond motifs is 3. The summed E-state index contributed by atoms with van der Waals surface area (Å²) in [5.74, 6) is -0.275. The molecule has 0 saturated heterocycles. The molecule has 34 heavy (non-hydrogen) atoms. The Hall–Kier alpha value is -4.26. The summed E-state index contributed by atoms with van der Waals surface area (Å²) in [7, 11) is 0. The van der Waals surface area contributed by atoms with Gasteiger partial charge in [-0.1, -0.05) is 0 Å².